The lowest BCUT2D eigenvalue weighted by atomic mass is 10.1. The number of nitrogens with one attached hydrogen (secondary N) is 2. The molecule has 1 atom stereocenters. The number of hydrogen-bond acceptors (Lipinski definition) is 4. The van der Waals surface area contributed by atoms with Crippen LogP contribution in [0.4, 0.5) is 0 Å². The first-order valence-electron chi connectivity index (χ1n) is 6.68. The van der Waals surface area contributed by atoms with E-state index >= 15 is 0 Å². The molecule has 0 bridgehead atoms. The zero-order chi connectivity index (χ0) is 14.6. The van der Waals surface area contributed by atoms with Gasteiger partial charge >= 0.3 is 0 Å². The molecule has 1 unspecified atom stereocenters. The van der Waals surface area contributed by atoms with Gasteiger partial charge in [-0.15, -0.1) is 11.3 Å². The molecule has 0 aliphatic carbocycles. The van der Waals surface area contributed by atoms with Gasteiger partial charge in [0.2, 0.25) is 0 Å². The Labute approximate surface area is 124 Å². The Kier molecular flexibility index (Phi) is 5.04. The molecule has 1 saturated heterocycles. The fourth-order valence-corrected chi connectivity index (χ4v) is 4.95. The maximum absolute atomic E-state index is 11.4. The molecule has 1 aliphatic rings. The smallest absolute Gasteiger partial charge is 0.191 e. The summed E-state index contributed by atoms with van der Waals surface area (Å²) < 4.78 is 22.8. The Bertz CT molecular complexity index is 578. The van der Waals surface area contributed by atoms with Crippen LogP contribution in [0.15, 0.2) is 16.4 Å². The van der Waals surface area contributed by atoms with Gasteiger partial charge in [-0.25, -0.2) is 8.42 Å². The third-order valence-electron chi connectivity index (χ3n) is 3.49. The van der Waals surface area contributed by atoms with Crippen molar-refractivity contribution in [1.29, 1.82) is 0 Å². The van der Waals surface area contributed by atoms with Crippen LogP contribution in [0.5, 0.6) is 0 Å². The maximum Gasteiger partial charge on any atom is 0.191 e. The number of aliphatic imine (C=N–C) groups is 1. The monoisotopic (exact) mass is 315 g/mol. The maximum atomic E-state index is 11.4. The lowest BCUT2D eigenvalue weighted by Crippen LogP contribution is -2.39. The Hall–Kier alpha value is -1.08. The number of nitrogens with zero attached hydrogens (tertiary/aromatic N) is 1. The van der Waals surface area contributed by atoms with Crippen LogP contribution in [0.2, 0.25) is 0 Å². The summed E-state index contributed by atoms with van der Waals surface area (Å²) in [5, 5.41) is 8.54. The fourth-order valence-electron chi connectivity index (χ4n) is 2.24. The molecule has 1 aromatic heterocycles. The highest BCUT2D eigenvalue weighted by molar-refractivity contribution is 7.91. The number of hydrogen-bond donors (Lipinski definition) is 2. The molecule has 20 heavy (non-hydrogen) atoms. The second kappa shape index (κ2) is 6.58. The first-order chi connectivity index (χ1) is 9.50. The van der Waals surface area contributed by atoms with Crippen LogP contribution in [-0.2, 0) is 16.4 Å². The molecule has 1 aromatic rings. The summed E-state index contributed by atoms with van der Waals surface area (Å²) in [6, 6.07) is 2.10. The van der Waals surface area contributed by atoms with Crippen molar-refractivity contribution in [3.63, 3.8) is 0 Å². The largest absolute Gasteiger partial charge is 0.356 e. The lowest BCUT2D eigenvalue weighted by Gasteiger charge is -2.14. The van der Waals surface area contributed by atoms with E-state index < -0.39 is 9.84 Å². The van der Waals surface area contributed by atoms with Gasteiger partial charge in [0.25, 0.3) is 0 Å². The molecule has 0 radical (unpaired) electrons. The standard InChI is InChI=1S/C13H21N3O2S2/c1-10-3-5-19-12(10)8-16-13(14-2)15-7-11-4-6-20(17,18)9-11/h3,5,11H,4,6-9H2,1-2H3,(H2,14,15,16). The van der Waals surface area contributed by atoms with Gasteiger partial charge in [0.15, 0.2) is 15.8 Å². The van der Waals surface area contributed by atoms with E-state index in [0.717, 1.165) is 18.9 Å². The van der Waals surface area contributed by atoms with E-state index in [-0.39, 0.29) is 5.92 Å². The summed E-state index contributed by atoms with van der Waals surface area (Å²) in [4.78, 5) is 5.45. The second-order valence-electron chi connectivity index (χ2n) is 5.10. The van der Waals surface area contributed by atoms with Gasteiger partial charge in [0.1, 0.15) is 0 Å². The number of thiophene rings is 1. The van der Waals surface area contributed by atoms with E-state index in [1.807, 2.05) is 0 Å². The molecule has 7 heteroatoms. The summed E-state index contributed by atoms with van der Waals surface area (Å²) in [5.74, 6) is 1.53. The average molecular weight is 315 g/mol. The van der Waals surface area contributed by atoms with Crippen molar-refractivity contribution in [1.82, 2.24) is 10.6 Å². The van der Waals surface area contributed by atoms with Crippen LogP contribution in [0.3, 0.4) is 0 Å². The lowest BCUT2D eigenvalue weighted by molar-refractivity contribution is 0.567. The Balaban J connectivity index is 1.77. The van der Waals surface area contributed by atoms with Gasteiger partial charge < -0.3 is 10.6 Å². The fraction of sp³-hybridized carbons (Fsp3) is 0.615. The average Bonchev–Trinajstić information content (AvgIpc) is 2.96. The van der Waals surface area contributed by atoms with Crippen molar-refractivity contribution in [3.05, 3.63) is 21.9 Å². The highest BCUT2D eigenvalue weighted by atomic mass is 32.2. The summed E-state index contributed by atoms with van der Waals surface area (Å²) in [5.41, 5.74) is 1.28. The Morgan fingerprint density at radius 1 is 1.50 bits per heavy atom. The molecular formula is C13H21N3O2S2. The molecule has 1 fully saturated rings. The summed E-state index contributed by atoms with van der Waals surface area (Å²) in [7, 11) is -1.08. The van der Waals surface area contributed by atoms with Gasteiger partial charge in [0, 0.05) is 18.5 Å². The van der Waals surface area contributed by atoms with Crippen LogP contribution >= 0.6 is 11.3 Å². The van der Waals surface area contributed by atoms with Gasteiger partial charge in [-0.2, -0.15) is 0 Å². The zero-order valence-electron chi connectivity index (χ0n) is 11.8. The van der Waals surface area contributed by atoms with E-state index in [0.29, 0.717) is 18.1 Å². The third kappa shape index (κ3) is 4.21. The molecule has 2 heterocycles. The first-order valence-corrected chi connectivity index (χ1v) is 9.38. The molecular weight excluding hydrogens is 294 g/mol. The van der Waals surface area contributed by atoms with Crippen molar-refractivity contribution in [2.75, 3.05) is 25.1 Å². The topological polar surface area (TPSA) is 70.6 Å². The normalized spacial score (nSPS) is 21.9. The van der Waals surface area contributed by atoms with Crippen molar-refractivity contribution < 1.29 is 8.42 Å². The van der Waals surface area contributed by atoms with Crippen LogP contribution < -0.4 is 10.6 Å². The highest BCUT2D eigenvalue weighted by Gasteiger charge is 2.27. The number of rotatable bonds is 4. The van der Waals surface area contributed by atoms with Gasteiger partial charge in [-0.05, 0) is 36.3 Å². The third-order valence-corrected chi connectivity index (χ3v) is 6.35. The quantitative estimate of drug-likeness (QED) is 0.646. The number of aryl methyl sites for hydroxylation is 1. The SMILES string of the molecule is CN=C(NCc1sccc1C)NCC1CCS(=O)(=O)C1. The summed E-state index contributed by atoms with van der Waals surface area (Å²) in [6.07, 6.45) is 0.746. The van der Waals surface area contributed by atoms with E-state index in [4.69, 9.17) is 0 Å². The van der Waals surface area contributed by atoms with E-state index in [1.165, 1.54) is 10.4 Å². The minimum absolute atomic E-state index is 0.196. The van der Waals surface area contributed by atoms with Crippen molar-refractivity contribution in [3.8, 4) is 0 Å². The minimum atomic E-state index is -2.80. The summed E-state index contributed by atoms with van der Waals surface area (Å²) in [6.45, 7) is 3.49. The molecule has 1 aliphatic heterocycles. The molecule has 112 valence electrons. The minimum Gasteiger partial charge on any atom is -0.356 e. The summed E-state index contributed by atoms with van der Waals surface area (Å²) >= 11 is 1.72. The highest BCUT2D eigenvalue weighted by Crippen LogP contribution is 2.17. The first kappa shape index (κ1) is 15.3. The second-order valence-corrected chi connectivity index (χ2v) is 8.33. The predicted octanol–water partition coefficient (Wildman–Crippen LogP) is 1.16. The molecule has 2 N–H and O–H groups in total. The van der Waals surface area contributed by atoms with E-state index in [2.05, 4.69) is 34.0 Å². The van der Waals surface area contributed by atoms with Crippen LogP contribution in [-0.4, -0.2) is 39.5 Å². The van der Waals surface area contributed by atoms with E-state index in [9.17, 15) is 8.42 Å². The number of guanidine groups is 1. The van der Waals surface area contributed by atoms with Gasteiger partial charge in [-0.1, -0.05) is 0 Å². The molecule has 5 nitrogen and oxygen atoms in total. The van der Waals surface area contributed by atoms with E-state index in [1.54, 1.807) is 18.4 Å². The van der Waals surface area contributed by atoms with Crippen LogP contribution in [0.1, 0.15) is 16.9 Å². The van der Waals surface area contributed by atoms with Gasteiger partial charge in [0.05, 0.1) is 18.1 Å². The van der Waals surface area contributed by atoms with Crippen molar-refractivity contribution in [2.45, 2.75) is 19.9 Å². The molecule has 2 rings (SSSR count). The number of sulfone groups is 1. The molecule has 0 saturated carbocycles. The molecule has 0 spiro atoms. The molecule has 0 amide bonds. The molecule has 0 aromatic carbocycles. The van der Waals surface area contributed by atoms with Gasteiger partial charge in [-0.3, -0.25) is 4.99 Å². The Morgan fingerprint density at radius 3 is 2.85 bits per heavy atom. The Morgan fingerprint density at radius 2 is 2.30 bits per heavy atom. The van der Waals surface area contributed by atoms with Crippen molar-refractivity contribution >= 4 is 27.1 Å². The van der Waals surface area contributed by atoms with Crippen LogP contribution in [0, 0.1) is 12.8 Å². The zero-order valence-corrected chi connectivity index (χ0v) is 13.5. The van der Waals surface area contributed by atoms with Crippen LogP contribution in [0.25, 0.3) is 0 Å². The van der Waals surface area contributed by atoms with Crippen molar-refractivity contribution in [2.24, 2.45) is 10.9 Å². The predicted molar refractivity (Wildman–Crippen MR) is 84.0 cm³/mol.